The third kappa shape index (κ3) is 3.95. The van der Waals surface area contributed by atoms with Crippen molar-refractivity contribution in [1.29, 1.82) is 0 Å². The highest BCUT2D eigenvalue weighted by molar-refractivity contribution is 5.94. The monoisotopic (exact) mass is 298 g/mol. The number of benzene rings is 2. The van der Waals surface area contributed by atoms with Crippen LogP contribution in [0.25, 0.3) is 0 Å². The van der Waals surface area contributed by atoms with Gasteiger partial charge < -0.3 is 10.0 Å². The van der Waals surface area contributed by atoms with Gasteiger partial charge in [0.1, 0.15) is 0 Å². The molecule has 22 heavy (non-hydrogen) atoms. The Hall–Kier alpha value is -2.13. The van der Waals surface area contributed by atoms with Gasteiger partial charge in [-0.05, 0) is 37.1 Å². The van der Waals surface area contributed by atoms with Crippen molar-refractivity contribution in [2.45, 2.75) is 26.3 Å². The largest absolute Gasteiger partial charge is 0.388 e. The Labute approximate surface area is 133 Å². The molecule has 116 valence electrons. The molecule has 3 heteroatoms. The van der Waals surface area contributed by atoms with Crippen LogP contribution < -0.4 is 0 Å². The molecule has 0 bridgehead atoms. The average molecular weight is 298 g/mol. The molecule has 0 aliphatic carbocycles. The number of hydrogen-bond donors (Lipinski definition) is 1. The number of carbonyl (C=O) groups excluding carboxylic acids is 1. The number of hydrogen-bond acceptors (Lipinski definition) is 2. The summed E-state index contributed by atoms with van der Waals surface area (Å²) in [4.78, 5) is 14.0. The molecule has 3 nitrogen and oxygen atoms in total. The van der Waals surface area contributed by atoms with E-state index in [1.807, 2.05) is 44.2 Å². The predicted octanol–water partition coefficient (Wildman–Crippen LogP) is 3.44. The molecule has 0 saturated carbocycles. The number of aliphatic hydroxyl groups is 1. The standard InChI is InChI=1S/C19H23NO2/c1-3-20(4-2)19(22)17-12-10-16(11-13-17)18(21)14-15-8-6-5-7-9-15/h5-13,18,21H,3-4,14H2,1-2H3/i14D. The summed E-state index contributed by atoms with van der Waals surface area (Å²) < 4.78 is 8.20. The van der Waals surface area contributed by atoms with Crippen LogP contribution in [0.5, 0.6) is 0 Å². The number of nitrogens with zero attached hydrogens (tertiary/aromatic N) is 1. The third-order valence-electron chi connectivity index (χ3n) is 3.70. The molecule has 0 saturated heterocycles. The molecule has 0 radical (unpaired) electrons. The van der Waals surface area contributed by atoms with Crippen molar-refractivity contribution >= 4 is 5.91 Å². The second kappa shape index (κ2) is 7.76. The van der Waals surface area contributed by atoms with Crippen LogP contribution in [0, 0.1) is 0 Å². The molecule has 2 unspecified atom stereocenters. The van der Waals surface area contributed by atoms with Crippen LogP contribution in [0.2, 0.25) is 0 Å². The minimum Gasteiger partial charge on any atom is -0.388 e. The number of rotatable bonds is 6. The predicted molar refractivity (Wildman–Crippen MR) is 88.8 cm³/mol. The molecule has 2 atom stereocenters. The van der Waals surface area contributed by atoms with Crippen molar-refractivity contribution in [3.8, 4) is 0 Å². The fourth-order valence-electron chi connectivity index (χ4n) is 2.36. The van der Waals surface area contributed by atoms with Crippen LogP contribution in [0.4, 0.5) is 0 Å². The third-order valence-corrected chi connectivity index (χ3v) is 3.70. The van der Waals surface area contributed by atoms with E-state index >= 15 is 0 Å². The number of carbonyl (C=O) groups is 1. The van der Waals surface area contributed by atoms with Crippen molar-refractivity contribution in [1.82, 2.24) is 4.90 Å². The first-order valence-electron chi connectivity index (χ1n) is 8.20. The van der Waals surface area contributed by atoms with E-state index < -0.39 is 12.5 Å². The van der Waals surface area contributed by atoms with E-state index in [0.717, 1.165) is 5.56 Å². The molecular weight excluding hydrogens is 274 g/mol. The maximum absolute atomic E-state index is 12.3. The van der Waals surface area contributed by atoms with Gasteiger partial charge in [-0.15, -0.1) is 0 Å². The molecular formula is C19H23NO2. The SMILES string of the molecule is [2H]C(c1ccccc1)C(O)c1ccc(C(=O)N(CC)CC)cc1. The fourth-order valence-corrected chi connectivity index (χ4v) is 2.36. The van der Waals surface area contributed by atoms with Gasteiger partial charge in [0.25, 0.3) is 5.91 Å². The van der Waals surface area contributed by atoms with Gasteiger partial charge in [0, 0.05) is 26.4 Å². The van der Waals surface area contributed by atoms with Crippen molar-refractivity contribution < 1.29 is 11.3 Å². The molecule has 2 rings (SSSR count). The highest BCUT2D eigenvalue weighted by Crippen LogP contribution is 2.19. The van der Waals surface area contributed by atoms with Gasteiger partial charge >= 0.3 is 0 Å². The molecule has 0 aliphatic heterocycles. The first-order valence-corrected chi connectivity index (χ1v) is 7.63. The molecule has 1 amide bonds. The quantitative estimate of drug-likeness (QED) is 0.887. The molecule has 0 aromatic heterocycles. The van der Waals surface area contributed by atoms with Crippen LogP contribution in [0.3, 0.4) is 0 Å². The molecule has 0 aliphatic rings. The van der Waals surface area contributed by atoms with Crippen LogP contribution in [-0.4, -0.2) is 29.0 Å². The van der Waals surface area contributed by atoms with E-state index in [1.165, 1.54) is 0 Å². The van der Waals surface area contributed by atoms with Crippen molar-refractivity contribution in [2.75, 3.05) is 13.1 Å². The summed E-state index contributed by atoms with van der Waals surface area (Å²) in [5, 5.41) is 10.4. The van der Waals surface area contributed by atoms with E-state index in [4.69, 9.17) is 1.37 Å². The lowest BCUT2D eigenvalue weighted by Gasteiger charge is -2.19. The summed E-state index contributed by atoms with van der Waals surface area (Å²) in [6, 6.07) is 16.2. The zero-order chi connectivity index (χ0) is 16.8. The van der Waals surface area contributed by atoms with Gasteiger partial charge in [-0.25, -0.2) is 0 Å². The van der Waals surface area contributed by atoms with Gasteiger partial charge in [0.05, 0.1) is 6.10 Å². The van der Waals surface area contributed by atoms with Crippen LogP contribution in [0.15, 0.2) is 54.6 Å². The summed E-state index contributed by atoms with van der Waals surface area (Å²) in [6.07, 6.45) is -1.67. The van der Waals surface area contributed by atoms with Crippen molar-refractivity contribution in [2.24, 2.45) is 0 Å². The van der Waals surface area contributed by atoms with Gasteiger partial charge in [0.2, 0.25) is 0 Å². The smallest absolute Gasteiger partial charge is 0.253 e. The first-order chi connectivity index (χ1) is 11.1. The van der Waals surface area contributed by atoms with E-state index in [2.05, 4.69) is 0 Å². The second-order valence-corrected chi connectivity index (χ2v) is 5.12. The normalized spacial score (nSPS) is 14.0. The lowest BCUT2D eigenvalue weighted by Crippen LogP contribution is -2.30. The van der Waals surface area contributed by atoms with Crippen LogP contribution in [-0.2, 0) is 6.40 Å². The lowest BCUT2D eigenvalue weighted by atomic mass is 10.00. The highest BCUT2D eigenvalue weighted by Gasteiger charge is 2.14. The Kier molecular flexibility index (Phi) is 5.22. The topological polar surface area (TPSA) is 40.5 Å². The van der Waals surface area contributed by atoms with Gasteiger partial charge in [-0.2, -0.15) is 0 Å². The molecule has 2 aromatic rings. The van der Waals surface area contributed by atoms with Crippen LogP contribution >= 0.6 is 0 Å². The Morgan fingerprint density at radius 3 is 2.23 bits per heavy atom. The summed E-state index contributed by atoms with van der Waals surface area (Å²) in [6.45, 7) is 5.24. The minimum absolute atomic E-state index is 0.0125. The summed E-state index contributed by atoms with van der Waals surface area (Å²) in [5.41, 5.74) is 2.01. The molecule has 0 heterocycles. The van der Waals surface area contributed by atoms with Crippen molar-refractivity contribution in [3.63, 3.8) is 0 Å². The Morgan fingerprint density at radius 1 is 1.09 bits per heavy atom. The zero-order valence-electron chi connectivity index (χ0n) is 14.1. The first kappa shape index (κ1) is 14.8. The van der Waals surface area contributed by atoms with Crippen molar-refractivity contribution in [3.05, 3.63) is 71.3 Å². The van der Waals surface area contributed by atoms with Gasteiger partial charge in [-0.3, -0.25) is 4.79 Å². The Balaban J connectivity index is 2.14. The maximum Gasteiger partial charge on any atom is 0.253 e. The van der Waals surface area contributed by atoms with Gasteiger partial charge in [-0.1, -0.05) is 42.5 Å². The number of aliphatic hydroxyl groups excluding tert-OH is 1. The van der Waals surface area contributed by atoms with E-state index in [-0.39, 0.29) is 5.91 Å². The van der Waals surface area contributed by atoms with E-state index in [9.17, 15) is 9.90 Å². The van der Waals surface area contributed by atoms with E-state index in [0.29, 0.717) is 24.2 Å². The van der Waals surface area contributed by atoms with Gasteiger partial charge in [0.15, 0.2) is 0 Å². The Bertz CT molecular complexity index is 624. The molecule has 0 spiro atoms. The number of amides is 1. The van der Waals surface area contributed by atoms with E-state index in [1.54, 1.807) is 29.2 Å². The highest BCUT2D eigenvalue weighted by atomic mass is 16.3. The second-order valence-electron chi connectivity index (χ2n) is 5.12. The fraction of sp³-hybridized carbons (Fsp3) is 0.316. The molecule has 2 aromatic carbocycles. The maximum atomic E-state index is 12.3. The Morgan fingerprint density at radius 2 is 1.68 bits per heavy atom. The lowest BCUT2D eigenvalue weighted by molar-refractivity contribution is 0.0772. The summed E-state index contributed by atoms with van der Waals surface area (Å²) in [5.74, 6) is -0.0125. The molecule has 0 fully saturated rings. The zero-order valence-corrected chi connectivity index (χ0v) is 13.1. The summed E-state index contributed by atoms with van der Waals surface area (Å²) in [7, 11) is 0. The summed E-state index contributed by atoms with van der Waals surface area (Å²) >= 11 is 0. The molecule has 1 N–H and O–H groups in total. The average Bonchev–Trinajstić information content (AvgIpc) is 2.62. The van der Waals surface area contributed by atoms with Crippen LogP contribution in [0.1, 0.15) is 42.8 Å². The minimum atomic E-state index is -0.921.